The Balaban J connectivity index is 3.16. The van der Waals surface area contributed by atoms with Crippen LogP contribution in [0.2, 0.25) is 0 Å². The molecule has 1 aromatic rings. The minimum Gasteiger partial charge on any atom is -0.545 e. The molecule has 0 bridgehead atoms. The van der Waals surface area contributed by atoms with Gasteiger partial charge in [0, 0.05) is 23.7 Å². The number of aromatic carboxylic acids is 1. The summed E-state index contributed by atoms with van der Waals surface area (Å²) >= 11 is 0. The van der Waals surface area contributed by atoms with E-state index in [-0.39, 0.29) is 18.4 Å². The number of carbonyl (C=O) groups excluding carboxylic acids is 2. The molecule has 0 saturated heterocycles. The standard InChI is InChI=1S/C14H18F2N2O3/c1-4-10-8(6-17-13(19)7(2)3)5-9(14(20)21)11(18-10)12(15)16/h5,7,12H,4,6H2,1-3H3,(H,17,19)(H,20,21)/p-1. The second kappa shape index (κ2) is 7.10. The van der Waals surface area contributed by atoms with Crippen molar-refractivity contribution in [1.82, 2.24) is 10.3 Å². The number of hydrogen-bond donors (Lipinski definition) is 1. The van der Waals surface area contributed by atoms with Crippen LogP contribution in [0.25, 0.3) is 0 Å². The molecule has 0 saturated carbocycles. The number of nitrogens with zero attached hydrogens (tertiary/aromatic N) is 1. The lowest BCUT2D eigenvalue weighted by Crippen LogP contribution is -2.29. The highest BCUT2D eigenvalue weighted by Gasteiger charge is 2.19. The van der Waals surface area contributed by atoms with E-state index >= 15 is 0 Å². The Morgan fingerprint density at radius 1 is 1.38 bits per heavy atom. The fourth-order valence-corrected chi connectivity index (χ4v) is 1.78. The van der Waals surface area contributed by atoms with Gasteiger partial charge >= 0.3 is 0 Å². The quantitative estimate of drug-likeness (QED) is 0.856. The summed E-state index contributed by atoms with van der Waals surface area (Å²) in [7, 11) is 0. The Bertz CT molecular complexity index is 545. The van der Waals surface area contributed by atoms with Gasteiger partial charge < -0.3 is 15.2 Å². The van der Waals surface area contributed by atoms with Crippen molar-refractivity contribution in [2.45, 2.75) is 40.2 Å². The summed E-state index contributed by atoms with van der Waals surface area (Å²) in [5, 5.41) is 13.6. The van der Waals surface area contributed by atoms with Crippen LogP contribution in [0.3, 0.4) is 0 Å². The molecule has 1 aromatic heterocycles. The van der Waals surface area contributed by atoms with Crippen molar-refractivity contribution in [2.75, 3.05) is 0 Å². The van der Waals surface area contributed by atoms with Crippen LogP contribution in [-0.2, 0) is 17.8 Å². The van der Waals surface area contributed by atoms with E-state index in [1.54, 1.807) is 20.8 Å². The zero-order chi connectivity index (χ0) is 16.2. The monoisotopic (exact) mass is 299 g/mol. The molecule has 0 atom stereocenters. The van der Waals surface area contributed by atoms with Crippen LogP contribution in [0, 0.1) is 5.92 Å². The fraction of sp³-hybridized carbons (Fsp3) is 0.500. The van der Waals surface area contributed by atoms with Gasteiger partial charge in [0.05, 0.1) is 5.97 Å². The van der Waals surface area contributed by atoms with Crippen molar-refractivity contribution in [3.8, 4) is 0 Å². The van der Waals surface area contributed by atoms with Crippen LogP contribution in [0.15, 0.2) is 6.07 Å². The summed E-state index contributed by atoms with van der Waals surface area (Å²) in [5.41, 5.74) is -0.712. The van der Waals surface area contributed by atoms with Crippen LogP contribution in [0.4, 0.5) is 8.78 Å². The molecule has 1 amide bonds. The first kappa shape index (κ1) is 17.0. The second-order valence-electron chi connectivity index (χ2n) is 4.84. The lowest BCUT2D eigenvalue weighted by Gasteiger charge is -2.16. The Morgan fingerprint density at radius 2 is 2.00 bits per heavy atom. The number of rotatable bonds is 6. The molecule has 0 spiro atoms. The van der Waals surface area contributed by atoms with Crippen molar-refractivity contribution >= 4 is 11.9 Å². The number of carboxylic acid groups (broad SMARTS) is 1. The van der Waals surface area contributed by atoms with Crippen molar-refractivity contribution < 1.29 is 23.5 Å². The third-order valence-corrected chi connectivity index (χ3v) is 2.96. The highest BCUT2D eigenvalue weighted by molar-refractivity contribution is 5.87. The summed E-state index contributed by atoms with van der Waals surface area (Å²) in [4.78, 5) is 26.2. The smallest absolute Gasteiger partial charge is 0.281 e. The first-order valence-corrected chi connectivity index (χ1v) is 6.57. The van der Waals surface area contributed by atoms with Gasteiger partial charge in [0.2, 0.25) is 5.91 Å². The molecule has 0 aromatic carbocycles. The molecule has 0 aliphatic carbocycles. The van der Waals surface area contributed by atoms with Gasteiger partial charge in [-0.15, -0.1) is 0 Å². The molecule has 5 nitrogen and oxygen atoms in total. The van der Waals surface area contributed by atoms with E-state index < -0.39 is 23.7 Å². The van der Waals surface area contributed by atoms with Crippen LogP contribution < -0.4 is 10.4 Å². The molecular weight excluding hydrogens is 282 g/mol. The van der Waals surface area contributed by atoms with E-state index in [1.807, 2.05) is 0 Å². The maximum Gasteiger partial charge on any atom is 0.281 e. The first-order chi connectivity index (χ1) is 9.77. The zero-order valence-corrected chi connectivity index (χ0v) is 12.1. The summed E-state index contributed by atoms with van der Waals surface area (Å²) in [6.07, 6.45) is -2.65. The van der Waals surface area contributed by atoms with Crippen LogP contribution in [0.1, 0.15) is 54.5 Å². The number of amides is 1. The van der Waals surface area contributed by atoms with Gasteiger partial charge in [-0.05, 0) is 18.1 Å². The molecular formula is C14H17F2N2O3-. The summed E-state index contributed by atoms with van der Waals surface area (Å²) < 4.78 is 25.7. The van der Waals surface area contributed by atoms with Gasteiger partial charge in [-0.2, -0.15) is 0 Å². The van der Waals surface area contributed by atoms with Gasteiger partial charge in [-0.25, -0.2) is 8.78 Å². The van der Waals surface area contributed by atoms with Crippen LogP contribution in [-0.4, -0.2) is 16.9 Å². The Labute approximate surface area is 121 Å². The van der Waals surface area contributed by atoms with Gasteiger partial charge in [0.15, 0.2) is 0 Å². The molecule has 0 unspecified atom stereocenters. The predicted octanol–water partition coefficient (Wildman–Crippen LogP) is 1.22. The number of alkyl halides is 2. The molecule has 1 N–H and O–H groups in total. The number of aryl methyl sites for hydroxylation is 1. The number of aromatic nitrogens is 1. The average Bonchev–Trinajstić information content (AvgIpc) is 2.43. The largest absolute Gasteiger partial charge is 0.545 e. The maximum atomic E-state index is 12.8. The molecule has 0 aliphatic heterocycles. The minimum atomic E-state index is -3.00. The number of pyridine rings is 1. The van der Waals surface area contributed by atoms with Crippen molar-refractivity contribution in [3.05, 3.63) is 28.6 Å². The van der Waals surface area contributed by atoms with Crippen molar-refractivity contribution in [1.29, 1.82) is 0 Å². The Kier molecular flexibility index (Phi) is 5.75. The fourth-order valence-electron chi connectivity index (χ4n) is 1.78. The molecule has 0 aliphatic rings. The van der Waals surface area contributed by atoms with Crippen LogP contribution >= 0.6 is 0 Å². The third-order valence-electron chi connectivity index (χ3n) is 2.96. The van der Waals surface area contributed by atoms with Gasteiger partial charge in [-0.3, -0.25) is 9.78 Å². The highest BCUT2D eigenvalue weighted by atomic mass is 19.3. The van der Waals surface area contributed by atoms with Gasteiger partial charge in [0.1, 0.15) is 5.69 Å². The third kappa shape index (κ3) is 4.21. The summed E-state index contributed by atoms with van der Waals surface area (Å²) in [6.45, 7) is 5.17. The topological polar surface area (TPSA) is 82.1 Å². The number of hydrogen-bond acceptors (Lipinski definition) is 4. The summed E-state index contributed by atoms with van der Waals surface area (Å²) in [6, 6.07) is 1.10. The Hall–Kier alpha value is -2.05. The van der Waals surface area contributed by atoms with E-state index in [0.29, 0.717) is 17.7 Å². The predicted molar refractivity (Wildman–Crippen MR) is 69.6 cm³/mol. The molecule has 1 rings (SSSR count). The SMILES string of the molecule is CCc1nc(C(F)F)c(C(=O)[O-])cc1CNC(=O)C(C)C. The maximum absolute atomic E-state index is 12.8. The lowest BCUT2D eigenvalue weighted by atomic mass is 10.1. The van der Waals surface area contributed by atoms with E-state index in [1.165, 1.54) is 0 Å². The Morgan fingerprint density at radius 3 is 2.43 bits per heavy atom. The van der Waals surface area contributed by atoms with Gasteiger partial charge in [-0.1, -0.05) is 20.8 Å². The van der Waals surface area contributed by atoms with Crippen molar-refractivity contribution in [3.63, 3.8) is 0 Å². The zero-order valence-electron chi connectivity index (χ0n) is 12.1. The molecule has 7 heteroatoms. The minimum absolute atomic E-state index is 0.0387. The number of nitrogens with one attached hydrogen (secondary N) is 1. The average molecular weight is 299 g/mol. The number of carbonyl (C=O) groups is 2. The van der Waals surface area contributed by atoms with Crippen molar-refractivity contribution in [2.24, 2.45) is 5.92 Å². The molecule has 21 heavy (non-hydrogen) atoms. The van der Waals surface area contributed by atoms with Crippen LogP contribution in [0.5, 0.6) is 0 Å². The van der Waals surface area contributed by atoms with E-state index in [4.69, 9.17) is 0 Å². The number of halogens is 2. The second-order valence-corrected chi connectivity index (χ2v) is 4.84. The lowest BCUT2D eigenvalue weighted by molar-refractivity contribution is -0.255. The van der Waals surface area contributed by atoms with Gasteiger partial charge in [0.25, 0.3) is 6.43 Å². The molecule has 116 valence electrons. The van der Waals surface area contributed by atoms with E-state index in [0.717, 1.165) is 6.07 Å². The normalized spacial score (nSPS) is 11.0. The molecule has 1 heterocycles. The molecule has 0 fully saturated rings. The van der Waals surface area contributed by atoms with E-state index in [2.05, 4.69) is 10.3 Å². The summed E-state index contributed by atoms with van der Waals surface area (Å²) in [5.74, 6) is -2.16. The highest BCUT2D eigenvalue weighted by Crippen LogP contribution is 2.23. The first-order valence-electron chi connectivity index (χ1n) is 6.57. The molecule has 0 radical (unpaired) electrons. The van der Waals surface area contributed by atoms with E-state index in [9.17, 15) is 23.5 Å². The number of carboxylic acids is 1.